The molecule has 0 amide bonds. The summed E-state index contributed by atoms with van der Waals surface area (Å²) in [5, 5.41) is 9.31. The standard InChI is InChI=1S/C20H19BrO6S/c1-3-27-20(24)17(12-18(22)23)19(13-4-8-15(21)9-5-13)14-6-10-16(11-7-14)28(2,25)26/h4-11H,3,12H2,1-2H3,(H,22,23). The molecule has 2 aromatic carbocycles. The van der Waals surface area contributed by atoms with E-state index in [-0.39, 0.29) is 17.1 Å². The molecule has 0 aliphatic carbocycles. The van der Waals surface area contributed by atoms with Gasteiger partial charge in [0.25, 0.3) is 0 Å². The lowest BCUT2D eigenvalue weighted by atomic mass is 9.91. The van der Waals surface area contributed by atoms with Crippen LogP contribution in [0.25, 0.3) is 5.57 Å². The van der Waals surface area contributed by atoms with Crippen LogP contribution in [0.15, 0.2) is 63.5 Å². The number of carboxylic acids is 1. The van der Waals surface area contributed by atoms with E-state index in [1.807, 2.05) is 0 Å². The molecule has 8 heteroatoms. The predicted octanol–water partition coefficient (Wildman–Crippen LogP) is 3.69. The highest BCUT2D eigenvalue weighted by atomic mass is 79.9. The maximum atomic E-state index is 12.5. The quantitative estimate of drug-likeness (QED) is 0.493. The molecule has 0 fully saturated rings. The Morgan fingerprint density at radius 3 is 1.93 bits per heavy atom. The zero-order valence-corrected chi connectivity index (χ0v) is 17.7. The third kappa shape index (κ3) is 5.53. The summed E-state index contributed by atoms with van der Waals surface area (Å²) in [4.78, 5) is 24.0. The van der Waals surface area contributed by atoms with E-state index in [1.165, 1.54) is 12.1 Å². The number of benzene rings is 2. The summed E-state index contributed by atoms with van der Waals surface area (Å²) >= 11 is 3.34. The topological polar surface area (TPSA) is 97.7 Å². The van der Waals surface area contributed by atoms with Crippen LogP contribution in [0.2, 0.25) is 0 Å². The van der Waals surface area contributed by atoms with E-state index in [9.17, 15) is 23.1 Å². The Morgan fingerprint density at radius 1 is 1.00 bits per heavy atom. The molecule has 28 heavy (non-hydrogen) atoms. The van der Waals surface area contributed by atoms with Crippen LogP contribution in [0.1, 0.15) is 24.5 Å². The molecule has 0 spiro atoms. The molecule has 1 N–H and O–H groups in total. The molecule has 0 saturated carbocycles. The van der Waals surface area contributed by atoms with Crippen molar-refractivity contribution in [1.29, 1.82) is 0 Å². The second kappa shape index (κ2) is 9.16. The molecule has 2 aromatic rings. The van der Waals surface area contributed by atoms with Gasteiger partial charge in [0.05, 0.1) is 23.5 Å². The minimum Gasteiger partial charge on any atom is -0.481 e. The summed E-state index contributed by atoms with van der Waals surface area (Å²) < 4.78 is 29.3. The highest BCUT2D eigenvalue weighted by Crippen LogP contribution is 2.31. The number of esters is 1. The summed E-state index contributed by atoms with van der Waals surface area (Å²) in [6.07, 6.45) is 0.569. The van der Waals surface area contributed by atoms with Crippen molar-refractivity contribution in [3.63, 3.8) is 0 Å². The van der Waals surface area contributed by atoms with Gasteiger partial charge in [-0.2, -0.15) is 0 Å². The van der Waals surface area contributed by atoms with Gasteiger partial charge in [0, 0.05) is 10.7 Å². The molecule has 0 radical (unpaired) electrons. The van der Waals surface area contributed by atoms with Gasteiger partial charge in [-0.25, -0.2) is 13.2 Å². The number of aliphatic carboxylic acids is 1. The molecule has 2 rings (SSSR count). The van der Waals surface area contributed by atoms with E-state index in [1.54, 1.807) is 43.3 Å². The van der Waals surface area contributed by atoms with Gasteiger partial charge in [0.15, 0.2) is 9.84 Å². The van der Waals surface area contributed by atoms with Crippen molar-refractivity contribution < 1.29 is 27.9 Å². The van der Waals surface area contributed by atoms with Crippen molar-refractivity contribution in [2.45, 2.75) is 18.2 Å². The smallest absolute Gasteiger partial charge is 0.335 e. The molecule has 0 heterocycles. The average Bonchev–Trinajstić information content (AvgIpc) is 2.62. The average molecular weight is 467 g/mol. The summed E-state index contributed by atoms with van der Waals surface area (Å²) in [6, 6.07) is 13.0. The first-order valence-corrected chi connectivity index (χ1v) is 11.0. The first-order chi connectivity index (χ1) is 13.1. The molecule has 0 atom stereocenters. The van der Waals surface area contributed by atoms with Crippen LogP contribution in [0.5, 0.6) is 0 Å². The second-order valence-electron chi connectivity index (χ2n) is 5.95. The zero-order valence-electron chi connectivity index (χ0n) is 15.3. The van der Waals surface area contributed by atoms with Crippen LogP contribution in [0.4, 0.5) is 0 Å². The third-order valence-corrected chi connectivity index (χ3v) is 5.51. The molecule has 0 aliphatic heterocycles. The summed E-state index contributed by atoms with van der Waals surface area (Å²) in [5.74, 6) is -1.90. The largest absolute Gasteiger partial charge is 0.481 e. The van der Waals surface area contributed by atoms with Gasteiger partial charge >= 0.3 is 11.9 Å². The molecule has 0 unspecified atom stereocenters. The van der Waals surface area contributed by atoms with Crippen LogP contribution < -0.4 is 0 Å². The Hall–Kier alpha value is -2.45. The Bertz CT molecular complexity index is 1010. The Kier molecular flexibility index (Phi) is 7.15. The summed E-state index contributed by atoms with van der Waals surface area (Å²) in [5.41, 5.74) is 1.50. The van der Waals surface area contributed by atoms with Gasteiger partial charge in [-0.3, -0.25) is 4.79 Å². The fourth-order valence-corrected chi connectivity index (χ4v) is 3.53. The van der Waals surface area contributed by atoms with Gasteiger partial charge in [0.1, 0.15) is 0 Å². The highest BCUT2D eigenvalue weighted by Gasteiger charge is 2.22. The molecular weight excluding hydrogens is 448 g/mol. The van der Waals surface area contributed by atoms with E-state index in [0.717, 1.165) is 10.7 Å². The van der Waals surface area contributed by atoms with Crippen LogP contribution in [0.3, 0.4) is 0 Å². The highest BCUT2D eigenvalue weighted by molar-refractivity contribution is 9.10. The number of rotatable bonds is 7. The number of halogens is 1. The summed E-state index contributed by atoms with van der Waals surface area (Å²) in [7, 11) is -3.39. The normalized spacial score (nSPS) is 12.2. The third-order valence-electron chi connectivity index (χ3n) is 3.86. The van der Waals surface area contributed by atoms with Crippen molar-refractivity contribution in [1.82, 2.24) is 0 Å². The van der Waals surface area contributed by atoms with Gasteiger partial charge < -0.3 is 9.84 Å². The van der Waals surface area contributed by atoms with Crippen LogP contribution in [-0.2, 0) is 24.2 Å². The molecule has 0 aliphatic rings. The first-order valence-electron chi connectivity index (χ1n) is 8.32. The number of ether oxygens (including phenoxy) is 1. The van der Waals surface area contributed by atoms with Crippen molar-refractivity contribution in [3.05, 3.63) is 69.7 Å². The molecule has 0 aromatic heterocycles. The maximum Gasteiger partial charge on any atom is 0.335 e. The lowest BCUT2D eigenvalue weighted by Gasteiger charge is -2.15. The number of carboxylic acid groups (broad SMARTS) is 1. The Labute approximate surface area is 171 Å². The number of hydrogen-bond acceptors (Lipinski definition) is 5. The van der Waals surface area contributed by atoms with Gasteiger partial charge in [-0.05, 0) is 47.9 Å². The number of carbonyl (C=O) groups excluding carboxylic acids is 1. The van der Waals surface area contributed by atoms with E-state index in [2.05, 4.69) is 15.9 Å². The van der Waals surface area contributed by atoms with Crippen molar-refractivity contribution >= 4 is 43.3 Å². The van der Waals surface area contributed by atoms with Crippen molar-refractivity contribution in [2.24, 2.45) is 0 Å². The fraction of sp³-hybridized carbons (Fsp3) is 0.200. The van der Waals surface area contributed by atoms with Gasteiger partial charge in [-0.1, -0.05) is 40.2 Å². The lowest BCUT2D eigenvalue weighted by Crippen LogP contribution is -2.14. The molecular formula is C20H19BrO6S. The lowest BCUT2D eigenvalue weighted by molar-refractivity contribution is -0.142. The maximum absolute atomic E-state index is 12.5. The van der Waals surface area contributed by atoms with E-state index in [0.29, 0.717) is 16.7 Å². The van der Waals surface area contributed by atoms with E-state index in [4.69, 9.17) is 4.74 Å². The number of hydrogen-bond donors (Lipinski definition) is 1. The van der Waals surface area contributed by atoms with E-state index >= 15 is 0 Å². The summed E-state index contributed by atoms with van der Waals surface area (Å²) in [6.45, 7) is 1.74. The minimum absolute atomic E-state index is 0.0104. The van der Waals surface area contributed by atoms with Crippen molar-refractivity contribution in [3.8, 4) is 0 Å². The van der Waals surface area contributed by atoms with Crippen LogP contribution in [0, 0.1) is 0 Å². The first kappa shape index (κ1) is 21.8. The Morgan fingerprint density at radius 2 is 1.50 bits per heavy atom. The SMILES string of the molecule is CCOC(=O)C(CC(=O)O)=C(c1ccc(Br)cc1)c1ccc(S(C)(=O)=O)cc1. The zero-order chi connectivity index (χ0) is 20.9. The molecule has 0 saturated heterocycles. The number of sulfone groups is 1. The fourth-order valence-electron chi connectivity index (χ4n) is 2.63. The van der Waals surface area contributed by atoms with Crippen molar-refractivity contribution in [2.75, 3.05) is 12.9 Å². The van der Waals surface area contributed by atoms with Gasteiger partial charge in [-0.15, -0.1) is 0 Å². The molecule has 148 valence electrons. The van der Waals surface area contributed by atoms with Crippen LogP contribution >= 0.6 is 15.9 Å². The second-order valence-corrected chi connectivity index (χ2v) is 8.88. The predicted molar refractivity (Wildman–Crippen MR) is 109 cm³/mol. The molecule has 6 nitrogen and oxygen atoms in total. The number of carbonyl (C=O) groups is 2. The molecule has 0 bridgehead atoms. The van der Waals surface area contributed by atoms with Gasteiger partial charge in [0.2, 0.25) is 0 Å². The van der Waals surface area contributed by atoms with E-state index < -0.39 is 28.2 Å². The monoisotopic (exact) mass is 466 g/mol. The Balaban J connectivity index is 2.75. The van der Waals surface area contributed by atoms with Crippen LogP contribution in [-0.4, -0.2) is 38.3 Å². The minimum atomic E-state index is -3.39.